The van der Waals surface area contributed by atoms with Crippen molar-refractivity contribution in [1.29, 1.82) is 0 Å². The van der Waals surface area contributed by atoms with Crippen molar-refractivity contribution in [3.8, 4) is 5.75 Å². The summed E-state index contributed by atoms with van der Waals surface area (Å²) in [5.41, 5.74) is 1.44. The van der Waals surface area contributed by atoms with Crippen LogP contribution < -0.4 is 15.0 Å². The summed E-state index contributed by atoms with van der Waals surface area (Å²) < 4.78 is 5.47. The summed E-state index contributed by atoms with van der Waals surface area (Å²) in [5.74, 6) is -1.87. The second kappa shape index (κ2) is 6.56. The predicted molar refractivity (Wildman–Crippen MR) is 119 cm³/mol. The van der Waals surface area contributed by atoms with Crippen LogP contribution >= 0.6 is 11.6 Å². The minimum Gasteiger partial charge on any atom is -0.495 e. The van der Waals surface area contributed by atoms with E-state index in [9.17, 15) is 14.4 Å². The number of anilines is 2. The van der Waals surface area contributed by atoms with E-state index in [1.807, 2.05) is 31.2 Å². The Morgan fingerprint density at radius 2 is 1.94 bits per heavy atom. The Hall–Kier alpha value is -2.90. The lowest BCUT2D eigenvalue weighted by atomic mass is 9.75. The highest BCUT2D eigenvalue weighted by atomic mass is 35.5. The summed E-state index contributed by atoms with van der Waals surface area (Å²) in [7, 11) is 1.48. The molecule has 1 N–H and O–H groups in total. The fraction of sp³-hybridized carbons (Fsp3) is 0.375. The van der Waals surface area contributed by atoms with Crippen LogP contribution in [0.4, 0.5) is 11.4 Å². The van der Waals surface area contributed by atoms with Gasteiger partial charge < -0.3 is 10.1 Å². The second-order valence-electron chi connectivity index (χ2n) is 8.96. The van der Waals surface area contributed by atoms with Gasteiger partial charge in [0.25, 0.3) is 0 Å². The van der Waals surface area contributed by atoms with Crippen molar-refractivity contribution in [3.63, 3.8) is 0 Å². The Morgan fingerprint density at radius 3 is 2.72 bits per heavy atom. The van der Waals surface area contributed by atoms with Crippen LogP contribution in [0.2, 0.25) is 5.02 Å². The van der Waals surface area contributed by atoms with Gasteiger partial charge in [-0.3, -0.25) is 19.3 Å². The summed E-state index contributed by atoms with van der Waals surface area (Å²) in [6.07, 6.45) is 1.66. The molecule has 0 aromatic heterocycles. The molecule has 4 aliphatic rings. The van der Waals surface area contributed by atoms with Gasteiger partial charge in [0.2, 0.25) is 17.7 Å². The van der Waals surface area contributed by atoms with Crippen LogP contribution in [-0.2, 0) is 19.9 Å². The molecular weight excluding hydrogens is 430 g/mol. The third-order valence-electron chi connectivity index (χ3n) is 7.60. The number of methoxy groups -OCH3 is 1. The molecule has 0 saturated carbocycles. The fourth-order valence-corrected chi connectivity index (χ4v) is 6.54. The smallest absolute Gasteiger partial charge is 0.250 e. The lowest BCUT2D eigenvalue weighted by Gasteiger charge is -2.36. The molecule has 32 heavy (non-hydrogen) atoms. The molecule has 2 aromatic carbocycles. The van der Waals surface area contributed by atoms with E-state index in [0.29, 0.717) is 28.7 Å². The Morgan fingerprint density at radius 1 is 1.16 bits per heavy atom. The van der Waals surface area contributed by atoms with Gasteiger partial charge in [-0.15, -0.1) is 0 Å². The topological polar surface area (TPSA) is 78.9 Å². The van der Waals surface area contributed by atoms with Crippen molar-refractivity contribution in [3.05, 3.63) is 52.5 Å². The highest BCUT2D eigenvalue weighted by Crippen LogP contribution is 2.61. The third kappa shape index (κ3) is 2.18. The van der Waals surface area contributed by atoms with Gasteiger partial charge in [0, 0.05) is 28.4 Å². The molecule has 2 aromatic rings. The first-order valence-corrected chi connectivity index (χ1v) is 11.2. The van der Waals surface area contributed by atoms with E-state index in [-0.39, 0.29) is 23.8 Å². The average Bonchev–Trinajstić information content (AvgIpc) is 3.48. The zero-order chi connectivity index (χ0) is 22.4. The Labute approximate surface area is 190 Å². The number of amides is 3. The minimum absolute atomic E-state index is 0.155. The van der Waals surface area contributed by atoms with Crippen molar-refractivity contribution in [2.45, 2.75) is 31.3 Å². The molecule has 0 aliphatic carbocycles. The zero-order valence-electron chi connectivity index (χ0n) is 17.7. The van der Waals surface area contributed by atoms with Crippen LogP contribution in [0.1, 0.15) is 24.0 Å². The summed E-state index contributed by atoms with van der Waals surface area (Å²) in [4.78, 5) is 44.8. The Balaban J connectivity index is 1.56. The highest BCUT2D eigenvalue weighted by molar-refractivity contribution is 6.32. The second-order valence-corrected chi connectivity index (χ2v) is 9.36. The number of para-hydroxylation sites is 1. The van der Waals surface area contributed by atoms with Crippen LogP contribution in [-0.4, -0.2) is 42.3 Å². The molecule has 4 atom stereocenters. The zero-order valence-corrected chi connectivity index (χ0v) is 18.5. The van der Waals surface area contributed by atoms with E-state index in [4.69, 9.17) is 16.3 Å². The van der Waals surface area contributed by atoms with E-state index >= 15 is 0 Å². The predicted octanol–water partition coefficient (Wildman–Crippen LogP) is 3.09. The van der Waals surface area contributed by atoms with Crippen molar-refractivity contribution in [2.75, 3.05) is 23.9 Å². The molecule has 3 fully saturated rings. The first-order valence-electron chi connectivity index (χ1n) is 10.8. The molecule has 4 heterocycles. The maximum Gasteiger partial charge on any atom is 0.250 e. The number of ether oxygens (including phenoxy) is 1. The highest BCUT2D eigenvalue weighted by Gasteiger charge is 2.74. The number of hydrogen-bond acceptors (Lipinski definition) is 5. The number of rotatable bonds is 2. The molecule has 164 valence electrons. The largest absolute Gasteiger partial charge is 0.495 e. The maximum absolute atomic E-state index is 14.0. The van der Waals surface area contributed by atoms with Gasteiger partial charge in [-0.05, 0) is 44.0 Å². The first kappa shape index (κ1) is 19.8. The number of aryl methyl sites for hydroxylation is 1. The van der Waals surface area contributed by atoms with Crippen molar-refractivity contribution >= 4 is 40.7 Å². The summed E-state index contributed by atoms with van der Waals surface area (Å²) in [6.45, 7) is 2.50. The van der Waals surface area contributed by atoms with Gasteiger partial charge in [0.15, 0.2) is 0 Å². The summed E-state index contributed by atoms with van der Waals surface area (Å²) in [5, 5.41) is 3.47. The number of hydrogen-bond donors (Lipinski definition) is 1. The van der Waals surface area contributed by atoms with E-state index in [0.717, 1.165) is 24.0 Å². The lowest BCUT2D eigenvalue weighted by molar-refractivity contribution is -0.135. The number of nitrogens with one attached hydrogen (secondary N) is 1. The van der Waals surface area contributed by atoms with Gasteiger partial charge in [-0.2, -0.15) is 0 Å². The Bertz CT molecular complexity index is 1210. The number of halogens is 1. The molecule has 3 amide bonds. The van der Waals surface area contributed by atoms with Gasteiger partial charge in [-0.1, -0.05) is 29.8 Å². The SMILES string of the molecule is COc1cc(Cl)c(C)cc1N1C(=O)[C@H]2[C@@H](C1=O)[C@]1(C(=O)Nc3ccccc31)N1CCC[C@@H]21. The molecule has 3 saturated heterocycles. The molecule has 0 unspecified atom stereocenters. The summed E-state index contributed by atoms with van der Waals surface area (Å²) in [6, 6.07) is 10.7. The van der Waals surface area contributed by atoms with Gasteiger partial charge >= 0.3 is 0 Å². The van der Waals surface area contributed by atoms with Crippen LogP contribution in [0, 0.1) is 18.8 Å². The number of imide groups is 1. The standard InChI is InChI=1S/C24H22ClN3O4/c1-12-10-17(18(32-2)11-14(12)25)28-21(29)19-16-8-5-9-27(16)24(20(19)22(28)30)13-6-3-4-7-15(13)26-23(24)31/h3-4,6-7,10-11,16,19-20H,5,8-9H2,1-2H3,(H,26,31)/t16-,19+,20-,24+/m0/s1. The average molecular weight is 452 g/mol. The Kier molecular flexibility index (Phi) is 4.05. The lowest BCUT2D eigenvalue weighted by Crippen LogP contribution is -2.54. The monoisotopic (exact) mass is 451 g/mol. The molecule has 0 radical (unpaired) electrons. The van der Waals surface area contributed by atoms with Crippen LogP contribution in [0.3, 0.4) is 0 Å². The van der Waals surface area contributed by atoms with Crippen LogP contribution in [0.15, 0.2) is 36.4 Å². The molecule has 4 aliphatic heterocycles. The molecule has 7 nitrogen and oxygen atoms in total. The van der Waals surface area contributed by atoms with Crippen LogP contribution in [0.5, 0.6) is 5.75 Å². The van der Waals surface area contributed by atoms with Crippen molar-refractivity contribution in [1.82, 2.24) is 4.90 Å². The first-order chi connectivity index (χ1) is 15.4. The number of benzene rings is 2. The van der Waals surface area contributed by atoms with E-state index in [1.165, 1.54) is 12.0 Å². The maximum atomic E-state index is 14.0. The van der Waals surface area contributed by atoms with E-state index in [1.54, 1.807) is 12.1 Å². The normalized spacial score (nSPS) is 30.7. The molecule has 1 spiro atoms. The van der Waals surface area contributed by atoms with E-state index in [2.05, 4.69) is 10.2 Å². The number of nitrogens with zero attached hydrogens (tertiary/aromatic N) is 2. The molecular formula is C24H22ClN3O4. The van der Waals surface area contributed by atoms with Crippen molar-refractivity contribution in [2.24, 2.45) is 11.8 Å². The third-order valence-corrected chi connectivity index (χ3v) is 8.01. The fourth-order valence-electron chi connectivity index (χ4n) is 6.38. The molecule has 8 heteroatoms. The van der Waals surface area contributed by atoms with Gasteiger partial charge in [-0.25, -0.2) is 4.90 Å². The quantitative estimate of drug-likeness (QED) is 0.710. The minimum atomic E-state index is -1.17. The number of carbonyl (C=O) groups is 3. The van der Waals surface area contributed by atoms with Crippen molar-refractivity contribution < 1.29 is 19.1 Å². The number of fused-ring (bicyclic) bond motifs is 7. The van der Waals surface area contributed by atoms with Crippen LogP contribution in [0.25, 0.3) is 0 Å². The number of carbonyl (C=O) groups excluding carboxylic acids is 3. The van der Waals surface area contributed by atoms with Gasteiger partial charge in [0.05, 0.1) is 24.6 Å². The van der Waals surface area contributed by atoms with E-state index < -0.39 is 17.4 Å². The molecule has 6 rings (SSSR count). The molecule has 0 bridgehead atoms. The summed E-state index contributed by atoms with van der Waals surface area (Å²) >= 11 is 6.26. The van der Waals surface area contributed by atoms with Gasteiger partial charge in [0.1, 0.15) is 11.3 Å².